The average molecular weight is 336 g/mol. The Balaban J connectivity index is 2.19. The standard InChI is InChI=1S/C17H22ClN3O2/c1-5-6-14-10-15(21(3)19-14)17(22)20(2)11-12-9-13(18)7-8-16(12)23-4/h7-10H,5-6,11H2,1-4H3. The maximum Gasteiger partial charge on any atom is 0.272 e. The van der Waals surface area contributed by atoms with E-state index >= 15 is 0 Å². The molecule has 0 saturated carbocycles. The number of aromatic nitrogens is 2. The first kappa shape index (κ1) is 17.3. The molecule has 0 spiro atoms. The Morgan fingerprint density at radius 3 is 2.78 bits per heavy atom. The van der Waals surface area contributed by atoms with Gasteiger partial charge in [-0.2, -0.15) is 5.10 Å². The number of methoxy groups -OCH3 is 1. The van der Waals surface area contributed by atoms with Gasteiger partial charge in [0.15, 0.2) is 0 Å². The van der Waals surface area contributed by atoms with Crippen molar-refractivity contribution in [2.75, 3.05) is 14.2 Å². The fourth-order valence-corrected chi connectivity index (χ4v) is 2.69. The highest BCUT2D eigenvalue weighted by Gasteiger charge is 2.18. The second kappa shape index (κ2) is 7.51. The zero-order chi connectivity index (χ0) is 17.0. The average Bonchev–Trinajstić information content (AvgIpc) is 2.87. The third-order valence-corrected chi connectivity index (χ3v) is 3.89. The number of carbonyl (C=O) groups excluding carboxylic acids is 1. The Hall–Kier alpha value is -2.01. The number of ether oxygens (including phenoxy) is 1. The highest BCUT2D eigenvalue weighted by Crippen LogP contribution is 2.24. The molecule has 2 aromatic rings. The van der Waals surface area contributed by atoms with Gasteiger partial charge in [-0.1, -0.05) is 24.9 Å². The van der Waals surface area contributed by atoms with Crippen molar-refractivity contribution in [1.29, 1.82) is 0 Å². The van der Waals surface area contributed by atoms with E-state index in [0.717, 1.165) is 24.1 Å². The lowest BCUT2D eigenvalue weighted by Crippen LogP contribution is -2.28. The molecular weight excluding hydrogens is 314 g/mol. The molecule has 1 heterocycles. The minimum atomic E-state index is -0.0793. The number of aryl methyl sites for hydroxylation is 2. The molecule has 0 saturated heterocycles. The predicted molar refractivity (Wildman–Crippen MR) is 91.0 cm³/mol. The molecule has 5 nitrogen and oxygen atoms in total. The van der Waals surface area contributed by atoms with Crippen LogP contribution in [0.2, 0.25) is 5.02 Å². The summed E-state index contributed by atoms with van der Waals surface area (Å²) < 4.78 is 6.97. The van der Waals surface area contributed by atoms with Crippen molar-refractivity contribution in [3.05, 3.63) is 46.2 Å². The fraction of sp³-hybridized carbons (Fsp3) is 0.412. The van der Waals surface area contributed by atoms with E-state index in [1.807, 2.05) is 12.1 Å². The summed E-state index contributed by atoms with van der Waals surface area (Å²) in [7, 11) is 5.15. The third kappa shape index (κ3) is 4.05. The van der Waals surface area contributed by atoms with Crippen LogP contribution in [0.4, 0.5) is 0 Å². The first-order valence-electron chi connectivity index (χ1n) is 7.57. The summed E-state index contributed by atoms with van der Waals surface area (Å²) in [6.45, 7) is 2.50. The van der Waals surface area contributed by atoms with Gasteiger partial charge in [0.05, 0.1) is 12.8 Å². The summed E-state index contributed by atoms with van der Waals surface area (Å²) in [6.07, 6.45) is 1.87. The summed E-state index contributed by atoms with van der Waals surface area (Å²) in [6, 6.07) is 7.25. The van der Waals surface area contributed by atoms with Gasteiger partial charge in [-0.3, -0.25) is 9.48 Å². The van der Waals surface area contributed by atoms with Gasteiger partial charge in [0.2, 0.25) is 0 Å². The SMILES string of the molecule is CCCc1cc(C(=O)N(C)Cc2cc(Cl)ccc2OC)n(C)n1. The van der Waals surface area contributed by atoms with Gasteiger partial charge in [0, 0.05) is 31.2 Å². The van der Waals surface area contributed by atoms with Crippen LogP contribution >= 0.6 is 11.6 Å². The van der Waals surface area contributed by atoms with Crippen molar-refractivity contribution in [3.8, 4) is 5.75 Å². The number of carbonyl (C=O) groups is 1. The van der Waals surface area contributed by atoms with E-state index < -0.39 is 0 Å². The molecule has 124 valence electrons. The van der Waals surface area contributed by atoms with Crippen molar-refractivity contribution < 1.29 is 9.53 Å². The number of benzene rings is 1. The second-order valence-corrected chi connectivity index (χ2v) is 5.95. The lowest BCUT2D eigenvalue weighted by molar-refractivity contribution is 0.0773. The number of nitrogens with zero attached hydrogens (tertiary/aromatic N) is 3. The van der Waals surface area contributed by atoms with Gasteiger partial charge in [0.1, 0.15) is 11.4 Å². The van der Waals surface area contributed by atoms with Crippen LogP contribution in [0.15, 0.2) is 24.3 Å². The zero-order valence-electron chi connectivity index (χ0n) is 14.0. The number of hydrogen-bond donors (Lipinski definition) is 0. The third-order valence-electron chi connectivity index (χ3n) is 3.65. The van der Waals surface area contributed by atoms with Gasteiger partial charge >= 0.3 is 0 Å². The summed E-state index contributed by atoms with van der Waals surface area (Å²) >= 11 is 6.04. The summed E-state index contributed by atoms with van der Waals surface area (Å²) in [5, 5.41) is 5.00. The molecule has 23 heavy (non-hydrogen) atoms. The number of rotatable bonds is 6. The molecule has 0 aliphatic heterocycles. The smallest absolute Gasteiger partial charge is 0.272 e. The predicted octanol–water partition coefficient (Wildman–Crippen LogP) is 3.31. The van der Waals surface area contributed by atoms with E-state index in [0.29, 0.717) is 23.0 Å². The van der Waals surface area contributed by atoms with Crippen LogP contribution in [0.3, 0.4) is 0 Å². The Kier molecular flexibility index (Phi) is 5.66. The molecular formula is C17H22ClN3O2. The van der Waals surface area contributed by atoms with Gasteiger partial charge in [-0.25, -0.2) is 0 Å². The highest BCUT2D eigenvalue weighted by atomic mass is 35.5. The number of hydrogen-bond acceptors (Lipinski definition) is 3. The van der Waals surface area contributed by atoms with Crippen LogP contribution in [0.5, 0.6) is 5.75 Å². The van der Waals surface area contributed by atoms with Gasteiger partial charge in [-0.15, -0.1) is 0 Å². The fourth-order valence-electron chi connectivity index (χ4n) is 2.50. The molecule has 1 aromatic carbocycles. The molecule has 0 radical (unpaired) electrons. The summed E-state index contributed by atoms with van der Waals surface area (Å²) in [5.74, 6) is 0.634. The zero-order valence-corrected chi connectivity index (χ0v) is 14.7. The molecule has 0 N–H and O–H groups in total. The van der Waals surface area contributed by atoms with E-state index in [-0.39, 0.29) is 5.91 Å². The van der Waals surface area contributed by atoms with Gasteiger partial charge < -0.3 is 9.64 Å². The molecule has 2 rings (SSSR count). The molecule has 1 amide bonds. The minimum absolute atomic E-state index is 0.0793. The van der Waals surface area contributed by atoms with Gasteiger partial charge in [0.25, 0.3) is 5.91 Å². The largest absolute Gasteiger partial charge is 0.496 e. The molecule has 0 aliphatic rings. The van der Waals surface area contributed by atoms with Crippen molar-refractivity contribution >= 4 is 17.5 Å². The number of amides is 1. The molecule has 0 atom stereocenters. The summed E-state index contributed by atoms with van der Waals surface area (Å²) in [5.41, 5.74) is 2.39. The Labute approximate surface area is 141 Å². The lowest BCUT2D eigenvalue weighted by atomic mass is 10.2. The van der Waals surface area contributed by atoms with Crippen LogP contribution in [0, 0.1) is 0 Å². The lowest BCUT2D eigenvalue weighted by Gasteiger charge is -2.19. The van der Waals surface area contributed by atoms with E-state index in [2.05, 4.69) is 12.0 Å². The van der Waals surface area contributed by atoms with Crippen molar-refractivity contribution in [2.24, 2.45) is 7.05 Å². The maximum absolute atomic E-state index is 12.7. The molecule has 1 aromatic heterocycles. The Morgan fingerprint density at radius 2 is 2.13 bits per heavy atom. The minimum Gasteiger partial charge on any atom is -0.496 e. The maximum atomic E-state index is 12.7. The van der Waals surface area contributed by atoms with E-state index in [1.54, 1.807) is 42.9 Å². The molecule has 0 aliphatic carbocycles. The molecule has 6 heteroatoms. The van der Waals surface area contributed by atoms with Crippen LogP contribution in [-0.2, 0) is 20.0 Å². The second-order valence-electron chi connectivity index (χ2n) is 5.51. The quantitative estimate of drug-likeness (QED) is 0.813. The van der Waals surface area contributed by atoms with Crippen molar-refractivity contribution in [3.63, 3.8) is 0 Å². The number of halogens is 1. The topological polar surface area (TPSA) is 47.4 Å². The van der Waals surface area contributed by atoms with E-state index in [4.69, 9.17) is 16.3 Å². The Morgan fingerprint density at radius 1 is 1.39 bits per heavy atom. The van der Waals surface area contributed by atoms with Crippen LogP contribution in [-0.4, -0.2) is 34.7 Å². The Bertz CT molecular complexity index is 697. The van der Waals surface area contributed by atoms with E-state index in [1.165, 1.54) is 0 Å². The first-order valence-corrected chi connectivity index (χ1v) is 7.94. The molecule has 0 unspecified atom stereocenters. The highest BCUT2D eigenvalue weighted by molar-refractivity contribution is 6.30. The molecule has 0 fully saturated rings. The van der Waals surface area contributed by atoms with Crippen molar-refractivity contribution in [1.82, 2.24) is 14.7 Å². The normalized spacial score (nSPS) is 10.7. The van der Waals surface area contributed by atoms with Gasteiger partial charge in [-0.05, 0) is 30.7 Å². The first-order chi connectivity index (χ1) is 11.0. The van der Waals surface area contributed by atoms with Crippen LogP contribution in [0.25, 0.3) is 0 Å². The van der Waals surface area contributed by atoms with E-state index in [9.17, 15) is 4.79 Å². The van der Waals surface area contributed by atoms with Crippen LogP contribution < -0.4 is 4.74 Å². The molecule has 0 bridgehead atoms. The van der Waals surface area contributed by atoms with Crippen LogP contribution in [0.1, 0.15) is 35.1 Å². The summed E-state index contributed by atoms with van der Waals surface area (Å²) in [4.78, 5) is 14.3. The van der Waals surface area contributed by atoms with Crippen molar-refractivity contribution in [2.45, 2.75) is 26.3 Å². The monoisotopic (exact) mass is 335 g/mol.